The highest BCUT2D eigenvalue weighted by Gasteiger charge is 2.40. The maximum Gasteiger partial charge on any atom is 0.416 e. The summed E-state index contributed by atoms with van der Waals surface area (Å²) in [6.07, 6.45) is -12.1. The van der Waals surface area contributed by atoms with Crippen molar-refractivity contribution in [2.75, 3.05) is 0 Å². The van der Waals surface area contributed by atoms with Gasteiger partial charge in [0.2, 0.25) is 0 Å². The van der Waals surface area contributed by atoms with Crippen molar-refractivity contribution in [1.82, 2.24) is 9.78 Å². The van der Waals surface area contributed by atoms with Crippen molar-refractivity contribution >= 4 is 0 Å². The molecule has 39 heavy (non-hydrogen) atoms. The number of nitrogens with zero attached hydrogens (tertiary/aromatic N) is 3. The molecule has 0 saturated carbocycles. The fourth-order valence-corrected chi connectivity index (χ4v) is 4.28. The number of halogens is 6. The lowest BCUT2D eigenvalue weighted by atomic mass is 10.00. The van der Waals surface area contributed by atoms with E-state index in [1.807, 2.05) is 0 Å². The average molecular weight is 540 g/mol. The van der Waals surface area contributed by atoms with Crippen LogP contribution in [0, 0.1) is 0 Å². The summed E-state index contributed by atoms with van der Waals surface area (Å²) in [4.78, 5) is 0. The Kier molecular flexibility index (Phi) is 6.73. The first-order chi connectivity index (χ1) is 18.5. The summed E-state index contributed by atoms with van der Waals surface area (Å²) in [5, 5.41) is 16.3. The van der Waals surface area contributed by atoms with Crippen molar-refractivity contribution in [3.8, 4) is 22.8 Å². The molecule has 0 amide bonds. The van der Waals surface area contributed by atoms with Crippen LogP contribution in [0.2, 0.25) is 0 Å². The van der Waals surface area contributed by atoms with E-state index in [4.69, 9.17) is 5.10 Å². The Balaban J connectivity index is 1.84. The van der Waals surface area contributed by atoms with E-state index in [2.05, 4.69) is 0 Å². The van der Waals surface area contributed by atoms with Crippen molar-refractivity contribution in [2.24, 2.45) is 0 Å². The minimum Gasteiger partial charge on any atom is -0.377 e. The summed E-state index contributed by atoms with van der Waals surface area (Å²) in [6, 6.07) is 27.0. The molecule has 1 unspecified atom stereocenters. The van der Waals surface area contributed by atoms with Crippen LogP contribution in [-0.4, -0.2) is 14.9 Å². The topological polar surface area (TPSA) is 41.9 Å². The van der Waals surface area contributed by atoms with Crippen LogP contribution in [0.4, 0.5) is 26.3 Å². The zero-order chi connectivity index (χ0) is 27.8. The first-order valence-corrected chi connectivity index (χ1v) is 11.7. The molecule has 4 nitrogen and oxygen atoms in total. The highest BCUT2D eigenvalue weighted by Crippen LogP contribution is 2.38. The maximum absolute atomic E-state index is 13.6. The second-order valence-electron chi connectivity index (χ2n) is 8.71. The molecular formula is C29H20F6N3O+. The lowest BCUT2D eigenvalue weighted by Crippen LogP contribution is -2.38. The first kappa shape index (κ1) is 26.2. The van der Waals surface area contributed by atoms with Crippen LogP contribution in [0.25, 0.3) is 22.8 Å². The SMILES string of the molecule is OC(c1cc(C(F)(F)F)cc(C(F)(F)F)c1)c1n(-c2ccccc2)nc(-c2ccccc2)[n+]1-c1ccccc1. The number of aliphatic hydroxyl groups excluding tert-OH is 1. The smallest absolute Gasteiger partial charge is 0.377 e. The van der Waals surface area contributed by atoms with Gasteiger partial charge in [-0.2, -0.15) is 30.9 Å². The van der Waals surface area contributed by atoms with Crippen LogP contribution in [0.1, 0.15) is 28.6 Å². The van der Waals surface area contributed by atoms with E-state index in [-0.39, 0.29) is 11.9 Å². The van der Waals surface area contributed by atoms with E-state index in [9.17, 15) is 31.4 Å². The zero-order valence-electron chi connectivity index (χ0n) is 20.0. The predicted octanol–water partition coefficient (Wildman–Crippen LogP) is 6.94. The molecule has 1 aromatic heterocycles. The van der Waals surface area contributed by atoms with Crippen LogP contribution < -0.4 is 4.57 Å². The van der Waals surface area contributed by atoms with Crippen molar-refractivity contribution in [3.63, 3.8) is 0 Å². The molecule has 1 N–H and O–H groups in total. The molecule has 0 spiro atoms. The minimum atomic E-state index is -5.07. The van der Waals surface area contributed by atoms with Gasteiger partial charge in [-0.05, 0) is 60.2 Å². The molecule has 0 aliphatic heterocycles. The number of rotatable bonds is 5. The van der Waals surface area contributed by atoms with Gasteiger partial charge in [0.05, 0.1) is 21.8 Å². The molecule has 0 aliphatic rings. The second kappa shape index (κ2) is 10.0. The third-order valence-electron chi connectivity index (χ3n) is 6.07. The number of hydrogen-bond acceptors (Lipinski definition) is 2. The third kappa shape index (κ3) is 5.28. The monoisotopic (exact) mass is 540 g/mol. The number of alkyl halides is 6. The van der Waals surface area contributed by atoms with Gasteiger partial charge in [-0.25, -0.2) is 0 Å². The van der Waals surface area contributed by atoms with Crippen LogP contribution in [-0.2, 0) is 12.4 Å². The number of benzene rings is 4. The molecule has 0 saturated heterocycles. The summed E-state index contributed by atoms with van der Waals surface area (Å²) >= 11 is 0. The Morgan fingerprint density at radius 1 is 0.667 bits per heavy atom. The molecule has 5 rings (SSSR count). The normalized spacial score (nSPS) is 12.9. The Labute approximate surface area is 219 Å². The highest BCUT2D eigenvalue weighted by atomic mass is 19.4. The molecule has 1 atom stereocenters. The van der Waals surface area contributed by atoms with Crippen molar-refractivity contribution in [2.45, 2.75) is 18.5 Å². The van der Waals surface area contributed by atoms with E-state index < -0.39 is 35.1 Å². The number of aliphatic hydroxyl groups is 1. The van der Waals surface area contributed by atoms with E-state index in [0.29, 0.717) is 34.9 Å². The predicted molar refractivity (Wildman–Crippen MR) is 131 cm³/mol. The molecule has 4 aromatic carbocycles. The molecular weight excluding hydrogens is 520 g/mol. The van der Waals surface area contributed by atoms with Gasteiger partial charge in [0, 0.05) is 0 Å². The summed E-state index contributed by atoms with van der Waals surface area (Å²) in [5.74, 6) is 0.265. The number of aromatic nitrogens is 3. The zero-order valence-corrected chi connectivity index (χ0v) is 20.0. The van der Waals surface area contributed by atoms with Crippen LogP contribution in [0.15, 0.2) is 109 Å². The van der Waals surface area contributed by atoms with Gasteiger partial charge in [-0.1, -0.05) is 59.3 Å². The van der Waals surface area contributed by atoms with Crippen LogP contribution >= 0.6 is 0 Å². The number of hydrogen-bond donors (Lipinski definition) is 1. The van der Waals surface area contributed by atoms with Gasteiger partial charge in [-0.3, -0.25) is 0 Å². The number of para-hydroxylation sites is 2. The molecule has 0 fully saturated rings. The second-order valence-corrected chi connectivity index (χ2v) is 8.71. The largest absolute Gasteiger partial charge is 0.416 e. The maximum atomic E-state index is 13.6. The van der Waals surface area contributed by atoms with E-state index in [1.165, 1.54) is 9.25 Å². The molecule has 5 aromatic rings. The molecule has 0 bridgehead atoms. The molecule has 198 valence electrons. The quantitative estimate of drug-likeness (QED) is 0.194. The third-order valence-corrected chi connectivity index (χ3v) is 6.07. The fraction of sp³-hybridized carbons (Fsp3) is 0.103. The minimum absolute atomic E-state index is 0.0331. The van der Waals surface area contributed by atoms with Gasteiger partial charge in [0.1, 0.15) is 11.4 Å². The summed E-state index contributed by atoms with van der Waals surface area (Å²) < 4.78 is 84.7. The Hall–Kier alpha value is -4.44. The fourth-order valence-electron chi connectivity index (χ4n) is 4.28. The van der Waals surface area contributed by atoms with E-state index >= 15 is 0 Å². The average Bonchev–Trinajstić information content (AvgIpc) is 3.33. The van der Waals surface area contributed by atoms with Gasteiger partial charge in [0.15, 0.2) is 6.10 Å². The first-order valence-electron chi connectivity index (χ1n) is 11.7. The lowest BCUT2D eigenvalue weighted by Gasteiger charge is -2.17. The van der Waals surface area contributed by atoms with Crippen LogP contribution in [0.3, 0.4) is 0 Å². The van der Waals surface area contributed by atoms with Gasteiger partial charge in [0.25, 0.3) is 5.82 Å². The van der Waals surface area contributed by atoms with E-state index in [1.54, 1.807) is 91.0 Å². The molecule has 0 radical (unpaired) electrons. The molecule has 0 aliphatic carbocycles. The standard InChI is InChI=1S/C29H20F6N3O/c30-28(31,32)21-16-20(17-22(18-21)29(33,34)35)25(39)27-37(23-12-6-2-7-13-23)26(19-10-4-1-5-11-19)36-38(27)24-14-8-3-9-15-24/h1-18,25,39H/q+1. The van der Waals surface area contributed by atoms with Gasteiger partial charge in [-0.15, -0.1) is 0 Å². The van der Waals surface area contributed by atoms with Crippen molar-refractivity contribution in [3.05, 3.63) is 132 Å². The molecule has 1 heterocycles. The lowest BCUT2D eigenvalue weighted by molar-refractivity contribution is -0.597. The van der Waals surface area contributed by atoms with E-state index in [0.717, 1.165) is 0 Å². The summed E-state index contributed by atoms with van der Waals surface area (Å²) in [6.45, 7) is 0. The Bertz CT molecular complexity index is 1550. The summed E-state index contributed by atoms with van der Waals surface area (Å²) in [5.41, 5.74) is -2.07. The van der Waals surface area contributed by atoms with Crippen LogP contribution in [0.5, 0.6) is 0 Å². The Morgan fingerprint density at radius 3 is 1.67 bits per heavy atom. The van der Waals surface area contributed by atoms with Gasteiger partial charge >= 0.3 is 18.2 Å². The summed E-state index contributed by atoms with van der Waals surface area (Å²) in [7, 11) is 0. The highest BCUT2D eigenvalue weighted by molar-refractivity contribution is 5.53. The Morgan fingerprint density at radius 2 is 1.15 bits per heavy atom. The van der Waals surface area contributed by atoms with Crippen molar-refractivity contribution < 1.29 is 36.0 Å². The van der Waals surface area contributed by atoms with Crippen molar-refractivity contribution in [1.29, 1.82) is 0 Å². The molecule has 10 heteroatoms. The van der Waals surface area contributed by atoms with Gasteiger partial charge < -0.3 is 5.11 Å².